The first-order chi connectivity index (χ1) is 8.66. The first-order valence-corrected chi connectivity index (χ1v) is 7.35. The monoisotopic (exact) mass is 248 g/mol. The maximum Gasteiger partial charge on any atom is 0.0981 e. The first kappa shape index (κ1) is 13.6. The van der Waals surface area contributed by atoms with E-state index in [2.05, 4.69) is 51.4 Å². The van der Waals surface area contributed by atoms with E-state index in [9.17, 15) is 0 Å². The maximum atomic E-state index is 2.38. The van der Waals surface area contributed by atoms with Gasteiger partial charge in [-0.1, -0.05) is 37.3 Å². The molecule has 2 heteroatoms. The van der Waals surface area contributed by atoms with Gasteiger partial charge in [-0.25, -0.2) is 0 Å². The zero-order chi connectivity index (χ0) is 13.0. The fraction of sp³-hybridized carbons (Fsp3) is 0.625. The summed E-state index contributed by atoms with van der Waals surface area (Å²) in [5, 5.41) is 0. The highest BCUT2D eigenvalue weighted by Crippen LogP contribution is 2.12. The van der Waals surface area contributed by atoms with Gasteiger partial charge >= 0.3 is 0 Å². The van der Waals surface area contributed by atoms with Crippen LogP contribution in [0.5, 0.6) is 0 Å². The van der Waals surface area contributed by atoms with Crippen LogP contribution in [-0.2, 0) is 0 Å². The Bertz CT molecular complexity index is 341. The van der Waals surface area contributed by atoms with Gasteiger partial charge in [0.1, 0.15) is 0 Å². The van der Waals surface area contributed by atoms with Gasteiger partial charge in [0.2, 0.25) is 0 Å². The van der Waals surface area contributed by atoms with Crippen LogP contribution in [0, 0.1) is 0 Å². The van der Waals surface area contributed by atoms with Gasteiger partial charge in [0, 0.05) is 18.8 Å². The zero-order valence-electron chi connectivity index (χ0n) is 12.1. The van der Waals surface area contributed by atoms with Crippen molar-refractivity contribution in [2.75, 3.05) is 33.7 Å². The molecule has 1 unspecified atom stereocenters. The van der Waals surface area contributed by atoms with E-state index in [1.54, 1.807) is 9.80 Å². The molecule has 0 radical (unpaired) electrons. The maximum absolute atomic E-state index is 2.38. The predicted octanol–water partition coefficient (Wildman–Crippen LogP) is -0.0181. The highest BCUT2D eigenvalue weighted by molar-refractivity contribution is 5.18. The van der Waals surface area contributed by atoms with E-state index in [0.29, 0.717) is 5.92 Å². The van der Waals surface area contributed by atoms with Crippen LogP contribution in [0.4, 0.5) is 0 Å². The van der Waals surface area contributed by atoms with E-state index in [1.807, 2.05) is 0 Å². The molecule has 1 saturated heterocycles. The van der Waals surface area contributed by atoms with Crippen molar-refractivity contribution in [1.29, 1.82) is 0 Å². The van der Waals surface area contributed by atoms with Crippen LogP contribution in [0.1, 0.15) is 31.2 Å². The summed E-state index contributed by atoms with van der Waals surface area (Å²) in [4.78, 5) is 3.43. The van der Waals surface area contributed by atoms with E-state index < -0.39 is 0 Å². The lowest BCUT2D eigenvalue weighted by atomic mass is 9.98. The van der Waals surface area contributed by atoms with Gasteiger partial charge in [0.05, 0.1) is 39.8 Å². The van der Waals surface area contributed by atoms with E-state index in [4.69, 9.17) is 0 Å². The van der Waals surface area contributed by atoms with Crippen molar-refractivity contribution >= 4 is 0 Å². The third-order valence-corrected chi connectivity index (χ3v) is 4.53. The van der Waals surface area contributed by atoms with Crippen LogP contribution in [0.2, 0.25) is 0 Å². The van der Waals surface area contributed by atoms with Gasteiger partial charge in [-0.05, 0) is 5.56 Å². The molecule has 0 saturated carbocycles. The van der Waals surface area contributed by atoms with Gasteiger partial charge in [0.15, 0.2) is 0 Å². The van der Waals surface area contributed by atoms with Gasteiger partial charge < -0.3 is 9.80 Å². The van der Waals surface area contributed by atoms with Crippen molar-refractivity contribution in [3.63, 3.8) is 0 Å². The smallest absolute Gasteiger partial charge is 0.0981 e. The van der Waals surface area contributed by atoms with Crippen molar-refractivity contribution in [2.45, 2.75) is 31.7 Å². The van der Waals surface area contributed by atoms with Gasteiger partial charge in [-0.2, -0.15) is 0 Å². The van der Waals surface area contributed by atoms with Gasteiger partial charge in [0.25, 0.3) is 0 Å². The summed E-state index contributed by atoms with van der Waals surface area (Å²) >= 11 is 0. The first-order valence-electron chi connectivity index (χ1n) is 7.35. The van der Waals surface area contributed by atoms with E-state index in [0.717, 1.165) is 6.04 Å². The lowest BCUT2D eigenvalue weighted by molar-refractivity contribution is -0.940. The Morgan fingerprint density at radius 3 is 2.44 bits per heavy atom. The summed E-state index contributed by atoms with van der Waals surface area (Å²) in [6.45, 7) is 6.32. The lowest BCUT2D eigenvalue weighted by Crippen LogP contribution is -3.18. The van der Waals surface area contributed by atoms with Crippen LogP contribution in [0.15, 0.2) is 30.3 Å². The average molecular weight is 248 g/mol. The van der Waals surface area contributed by atoms with Crippen molar-refractivity contribution in [3.8, 4) is 0 Å². The van der Waals surface area contributed by atoms with Crippen LogP contribution in [0.3, 0.4) is 0 Å². The number of quaternary nitrogens is 2. The topological polar surface area (TPSA) is 8.88 Å². The summed E-state index contributed by atoms with van der Waals surface area (Å²) in [6.07, 6.45) is 2.78. The molecule has 2 rings (SSSR count). The van der Waals surface area contributed by atoms with Crippen molar-refractivity contribution in [2.24, 2.45) is 0 Å². The van der Waals surface area contributed by atoms with Crippen molar-refractivity contribution in [1.82, 2.24) is 0 Å². The standard InChI is InChI=1S/C16H26N2/c1-14(15-7-5-4-6-8-15)13-18(3)16-9-11-17(2)12-10-16/h4-8,14,16H,9-13H2,1-3H3/p+2/t14-/m0/s1. The molecule has 1 fully saturated rings. The van der Waals surface area contributed by atoms with Gasteiger partial charge in [-0.15, -0.1) is 0 Å². The molecule has 0 aromatic heterocycles. The Morgan fingerprint density at radius 2 is 1.83 bits per heavy atom. The molecule has 2 atom stereocenters. The molecule has 0 aliphatic carbocycles. The molecular weight excluding hydrogens is 220 g/mol. The number of rotatable bonds is 4. The third kappa shape index (κ3) is 3.56. The van der Waals surface area contributed by atoms with E-state index in [1.165, 1.54) is 38.0 Å². The minimum absolute atomic E-state index is 0.665. The van der Waals surface area contributed by atoms with Crippen molar-refractivity contribution in [3.05, 3.63) is 35.9 Å². The molecule has 18 heavy (non-hydrogen) atoms. The highest BCUT2D eigenvalue weighted by atomic mass is 15.2. The molecule has 1 aliphatic heterocycles. The summed E-state index contributed by atoms with van der Waals surface area (Å²) in [7, 11) is 4.70. The lowest BCUT2D eigenvalue weighted by Gasteiger charge is -2.32. The summed E-state index contributed by atoms with van der Waals surface area (Å²) in [6, 6.07) is 11.8. The molecule has 1 heterocycles. The Hall–Kier alpha value is -0.860. The normalized spacial score (nSPS) is 27.7. The average Bonchev–Trinajstić information content (AvgIpc) is 2.40. The molecular formula is C16H28N2+2. The van der Waals surface area contributed by atoms with Crippen molar-refractivity contribution < 1.29 is 9.80 Å². The molecule has 2 N–H and O–H groups in total. The number of hydrogen-bond acceptors (Lipinski definition) is 0. The minimum atomic E-state index is 0.665. The number of likely N-dealkylation sites (tertiary alicyclic amines) is 1. The number of hydrogen-bond donors (Lipinski definition) is 2. The minimum Gasteiger partial charge on any atom is -0.337 e. The Kier molecular flexibility index (Phi) is 4.79. The predicted molar refractivity (Wildman–Crippen MR) is 76.3 cm³/mol. The number of benzene rings is 1. The second-order valence-corrected chi connectivity index (χ2v) is 6.09. The molecule has 0 amide bonds. The van der Waals surface area contributed by atoms with Crippen LogP contribution in [0.25, 0.3) is 0 Å². The number of nitrogens with one attached hydrogen (secondary N) is 2. The Balaban J connectivity index is 1.85. The fourth-order valence-electron chi connectivity index (χ4n) is 3.15. The molecule has 0 bridgehead atoms. The van der Waals surface area contributed by atoms with E-state index in [-0.39, 0.29) is 0 Å². The second kappa shape index (κ2) is 6.35. The molecule has 2 nitrogen and oxygen atoms in total. The largest absolute Gasteiger partial charge is 0.337 e. The molecule has 0 spiro atoms. The summed E-state index contributed by atoms with van der Waals surface area (Å²) in [5.41, 5.74) is 1.48. The Morgan fingerprint density at radius 1 is 1.22 bits per heavy atom. The molecule has 1 aromatic carbocycles. The zero-order valence-corrected chi connectivity index (χ0v) is 12.1. The Labute approximate surface area is 112 Å². The van der Waals surface area contributed by atoms with Crippen LogP contribution < -0.4 is 9.80 Å². The quantitative estimate of drug-likeness (QED) is 0.741. The van der Waals surface area contributed by atoms with E-state index >= 15 is 0 Å². The van der Waals surface area contributed by atoms with Crippen LogP contribution >= 0.6 is 0 Å². The number of piperidine rings is 1. The molecule has 1 aromatic rings. The highest BCUT2D eigenvalue weighted by Gasteiger charge is 2.27. The van der Waals surface area contributed by atoms with Crippen LogP contribution in [-0.4, -0.2) is 39.8 Å². The number of likely N-dealkylation sites (N-methyl/N-ethyl adjacent to an activating group) is 1. The SMILES string of the molecule is C[C@@H](C[NH+](C)C1CC[NH+](C)CC1)c1ccccc1. The molecule has 100 valence electrons. The summed E-state index contributed by atoms with van der Waals surface area (Å²) < 4.78 is 0. The van der Waals surface area contributed by atoms with Gasteiger partial charge in [-0.3, -0.25) is 0 Å². The summed E-state index contributed by atoms with van der Waals surface area (Å²) in [5.74, 6) is 0.665. The molecule has 1 aliphatic rings. The fourth-order valence-corrected chi connectivity index (χ4v) is 3.15. The third-order valence-electron chi connectivity index (χ3n) is 4.53. The second-order valence-electron chi connectivity index (χ2n) is 6.09.